The number of rotatable bonds is 2. The summed E-state index contributed by atoms with van der Waals surface area (Å²) in [5, 5.41) is 4.05. The Kier molecular flexibility index (Phi) is 2.53. The molecule has 21 heavy (non-hydrogen) atoms. The van der Waals surface area contributed by atoms with E-state index in [9.17, 15) is 0 Å². The van der Waals surface area contributed by atoms with E-state index < -0.39 is 0 Å². The van der Waals surface area contributed by atoms with Crippen LogP contribution in [0.2, 0.25) is 0 Å². The highest BCUT2D eigenvalue weighted by atomic mass is 16.7. The lowest BCUT2D eigenvalue weighted by Crippen LogP contribution is -1.93. The molecule has 104 valence electrons. The number of aromatic nitrogens is 2. The van der Waals surface area contributed by atoms with Crippen molar-refractivity contribution in [1.82, 2.24) is 10.1 Å². The number of ether oxygens (including phenoxy) is 2. The van der Waals surface area contributed by atoms with E-state index in [2.05, 4.69) is 10.1 Å². The Hall–Kier alpha value is -3.02. The minimum Gasteiger partial charge on any atom is -0.454 e. The number of hydrogen-bond donors (Lipinski definition) is 1. The van der Waals surface area contributed by atoms with E-state index in [1.807, 2.05) is 36.4 Å². The molecular weight excluding hydrogens is 270 g/mol. The topological polar surface area (TPSA) is 83.4 Å². The Morgan fingerprint density at radius 1 is 1.05 bits per heavy atom. The van der Waals surface area contributed by atoms with Gasteiger partial charge in [-0.1, -0.05) is 11.2 Å². The smallest absolute Gasteiger partial charge is 0.232 e. The van der Waals surface area contributed by atoms with Crippen molar-refractivity contribution in [1.29, 1.82) is 0 Å². The highest BCUT2D eigenvalue weighted by Crippen LogP contribution is 2.40. The summed E-state index contributed by atoms with van der Waals surface area (Å²) in [6, 6.07) is 11.2. The lowest BCUT2D eigenvalue weighted by molar-refractivity contribution is 0.174. The maximum atomic E-state index is 5.90. The van der Waals surface area contributed by atoms with Crippen LogP contribution in [-0.4, -0.2) is 16.9 Å². The first-order valence-corrected chi connectivity index (χ1v) is 6.39. The van der Waals surface area contributed by atoms with Crippen LogP contribution in [0, 0.1) is 0 Å². The van der Waals surface area contributed by atoms with Crippen LogP contribution in [0.25, 0.3) is 22.5 Å². The molecule has 0 aliphatic carbocycles. The number of nitrogen functional groups attached to an aromatic ring is 1. The first kappa shape index (κ1) is 11.8. The minimum absolute atomic E-state index is 0.229. The Morgan fingerprint density at radius 2 is 1.95 bits per heavy atom. The van der Waals surface area contributed by atoms with Crippen molar-refractivity contribution in [3.8, 4) is 34.0 Å². The molecule has 3 heterocycles. The summed E-state index contributed by atoms with van der Waals surface area (Å²) in [6.07, 6.45) is 1.70. The average Bonchev–Trinajstić information content (AvgIpc) is 3.13. The van der Waals surface area contributed by atoms with E-state index in [1.165, 1.54) is 0 Å². The lowest BCUT2D eigenvalue weighted by Gasteiger charge is -2.03. The van der Waals surface area contributed by atoms with Gasteiger partial charge in [0.2, 0.25) is 12.7 Å². The molecule has 4 rings (SSSR count). The Bertz CT molecular complexity index is 799. The zero-order valence-electron chi connectivity index (χ0n) is 10.9. The van der Waals surface area contributed by atoms with Gasteiger partial charge in [0, 0.05) is 11.8 Å². The van der Waals surface area contributed by atoms with Crippen molar-refractivity contribution in [2.24, 2.45) is 0 Å². The second kappa shape index (κ2) is 4.52. The zero-order valence-corrected chi connectivity index (χ0v) is 10.9. The number of benzene rings is 1. The predicted octanol–water partition coefficient (Wildman–Crippen LogP) is 2.71. The molecule has 0 saturated heterocycles. The maximum absolute atomic E-state index is 5.90. The van der Waals surface area contributed by atoms with Gasteiger partial charge in [0.1, 0.15) is 5.69 Å². The fraction of sp³-hybridized carbons (Fsp3) is 0.0667. The molecule has 0 saturated carbocycles. The highest BCUT2D eigenvalue weighted by Gasteiger charge is 2.21. The van der Waals surface area contributed by atoms with Gasteiger partial charge < -0.3 is 19.7 Å². The summed E-state index contributed by atoms with van der Waals surface area (Å²) < 4.78 is 15.8. The number of anilines is 1. The molecule has 1 aliphatic heterocycles. The van der Waals surface area contributed by atoms with Crippen molar-refractivity contribution in [3.05, 3.63) is 42.6 Å². The van der Waals surface area contributed by atoms with Gasteiger partial charge in [-0.2, -0.15) is 0 Å². The largest absolute Gasteiger partial charge is 0.454 e. The lowest BCUT2D eigenvalue weighted by atomic mass is 10.0. The summed E-state index contributed by atoms with van der Waals surface area (Å²) in [5.41, 5.74) is 8.75. The highest BCUT2D eigenvalue weighted by molar-refractivity contribution is 5.85. The average molecular weight is 281 g/mol. The fourth-order valence-corrected chi connectivity index (χ4v) is 2.30. The van der Waals surface area contributed by atoms with E-state index >= 15 is 0 Å². The number of nitrogens with two attached hydrogens (primary N) is 1. The predicted molar refractivity (Wildman–Crippen MR) is 75.7 cm³/mol. The third kappa shape index (κ3) is 1.88. The van der Waals surface area contributed by atoms with Crippen LogP contribution in [0.4, 0.5) is 5.88 Å². The molecule has 0 fully saturated rings. The summed E-state index contributed by atoms with van der Waals surface area (Å²) in [6.45, 7) is 0.229. The van der Waals surface area contributed by atoms with E-state index in [0.717, 1.165) is 11.3 Å². The minimum atomic E-state index is 0.229. The number of pyridine rings is 1. The van der Waals surface area contributed by atoms with Crippen molar-refractivity contribution < 1.29 is 14.0 Å². The summed E-state index contributed by atoms with van der Waals surface area (Å²) >= 11 is 0. The summed E-state index contributed by atoms with van der Waals surface area (Å²) in [4.78, 5) is 4.30. The third-order valence-corrected chi connectivity index (χ3v) is 3.29. The van der Waals surface area contributed by atoms with E-state index in [0.29, 0.717) is 22.7 Å². The Balaban J connectivity index is 1.87. The number of fused-ring (bicyclic) bond motifs is 1. The van der Waals surface area contributed by atoms with Gasteiger partial charge in [-0.05, 0) is 30.3 Å². The molecule has 1 aromatic carbocycles. The van der Waals surface area contributed by atoms with Gasteiger partial charge in [0.25, 0.3) is 0 Å². The number of hydrogen-bond acceptors (Lipinski definition) is 6. The quantitative estimate of drug-likeness (QED) is 0.777. The number of nitrogens with zero attached hydrogens (tertiary/aromatic N) is 2. The Labute approximate surface area is 120 Å². The molecule has 3 aromatic rings. The van der Waals surface area contributed by atoms with Crippen LogP contribution in [0.15, 0.2) is 47.1 Å². The molecule has 6 nitrogen and oxygen atoms in total. The third-order valence-electron chi connectivity index (χ3n) is 3.29. The normalized spacial score (nSPS) is 12.6. The van der Waals surface area contributed by atoms with Crippen LogP contribution >= 0.6 is 0 Å². The monoisotopic (exact) mass is 281 g/mol. The van der Waals surface area contributed by atoms with E-state index in [1.54, 1.807) is 6.20 Å². The first-order valence-electron chi connectivity index (χ1n) is 6.39. The second-order valence-electron chi connectivity index (χ2n) is 4.55. The second-order valence-corrected chi connectivity index (χ2v) is 4.55. The van der Waals surface area contributed by atoms with E-state index in [4.69, 9.17) is 19.7 Å². The fourth-order valence-electron chi connectivity index (χ4n) is 2.30. The Morgan fingerprint density at radius 3 is 2.81 bits per heavy atom. The summed E-state index contributed by atoms with van der Waals surface area (Å²) in [7, 11) is 0. The molecule has 0 unspecified atom stereocenters. The van der Waals surface area contributed by atoms with E-state index in [-0.39, 0.29) is 12.7 Å². The molecule has 2 N–H and O–H groups in total. The van der Waals surface area contributed by atoms with Crippen molar-refractivity contribution in [2.45, 2.75) is 0 Å². The SMILES string of the molecule is Nc1onc(-c2ccc3c(c2)OCO3)c1-c1ccccn1. The van der Waals surface area contributed by atoms with Crippen LogP contribution < -0.4 is 15.2 Å². The molecule has 0 bridgehead atoms. The van der Waals surface area contributed by atoms with Crippen molar-refractivity contribution >= 4 is 5.88 Å². The maximum Gasteiger partial charge on any atom is 0.232 e. The molecule has 2 aromatic heterocycles. The molecule has 1 aliphatic rings. The van der Waals surface area contributed by atoms with Crippen LogP contribution in [0.1, 0.15) is 0 Å². The zero-order chi connectivity index (χ0) is 14.2. The molecular formula is C15H11N3O3. The van der Waals surface area contributed by atoms with Crippen LogP contribution in [0.5, 0.6) is 11.5 Å². The standard InChI is InChI=1S/C15H11N3O3/c16-15-13(10-3-1-2-6-17-10)14(18-21-15)9-4-5-11-12(7-9)20-8-19-11/h1-7H,8,16H2. The first-order chi connectivity index (χ1) is 10.3. The molecule has 0 radical (unpaired) electrons. The van der Waals surface area contributed by atoms with Gasteiger partial charge in [0.15, 0.2) is 11.5 Å². The van der Waals surface area contributed by atoms with Crippen LogP contribution in [0.3, 0.4) is 0 Å². The van der Waals surface area contributed by atoms with Crippen molar-refractivity contribution in [3.63, 3.8) is 0 Å². The summed E-state index contributed by atoms with van der Waals surface area (Å²) in [5.74, 6) is 1.64. The van der Waals surface area contributed by atoms with Crippen LogP contribution in [-0.2, 0) is 0 Å². The van der Waals surface area contributed by atoms with Gasteiger partial charge in [-0.25, -0.2) is 0 Å². The van der Waals surface area contributed by atoms with Crippen molar-refractivity contribution in [2.75, 3.05) is 12.5 Å². The molecule has 0 atom stereocenters. The van der Waals surface area contributed by atoms with Gasteiger partial charge in [-0.15, -0.1) is 0 Å². The van der Waals surface area contributed by atoms with Gasteiger partial charge >= 0.3 is 0 Å². The van der Waals surface area contributed by atoms with Gasteiger partial charge in [0.05, 0.1) is 11.3 Å². The molecule has 6 heteroatoms. The molecule has 0 spiro atoms. The van der Waals surface area contributed by atoms with Gasteiger partial charge in [-0.3, -0.25) is 4.98 Å². The molecule has 0 amide bonds.